The highest BCUT2D eigenvalue weighted by Crippen LogP contribution is 2.17. The molecular weight excluding hydrogens is 218 g/mol. The smallest absolute Gasteiger partial charge is 0.320 e. The highest BCUT2D eigenvalue weighted by molar-refractivity contribution is 5.73. The summed E-state index contributed by atoms with van der Waals surface area (Å²) in [5, 5.41) is 9.02. The minimum absolute atomic E-state index is 0.325. The first kappa shape index (κ1) is 11.9. The number of aliphatic carboxylic acids is 1. The second kappa shape index (κ2) is 5.68. The minimum Gasteiger partial charge on any atom is -0.492 e. The number of hydrogen-bond donors (Lipinski definition) is 1. The summed E-state index contributed by atoms with van der Waals surface area (Å²) in [5.41, 5.74) is 0. The van der Waals surface area contributed by atoms with Gasteiger partial charge in [-0.25, -0.2) is 0 Å². The van der Waals surface area contributed by atoms with E-state index in [2.05, 4.69) is 0 Å². The van der Waals surface area contributed by atoms with Gasteiger partial charge in [0.25, 0.3) is 0 Å². The fourth-order valence-electron chi connectivity index (χ4n) is 2.17. The van der Waals surface area contributed by atoms with Crippen molar-refractivity contribution in [3.63, 3.8) is 0 Å². The lowest BCUT2D eigenvalue weighted by Gasteiger charge is -2.20. The predicted octanol–water partition coefficient (Wildman–Crippen LogP) is 1.61. The van der Waals surface area contributed by atoms with Gasteiger partial charge in [0.05, 0.1) is 0 Å². The highest BCUT2D eigenvalue weighted by atomic mass is 16.5. The Hall–Kier alpha value is -1.55. The second-order valence-corrected chi connectivity index (χ2v) is 4.19. The molecule has 92 valence electrons. The summed E-state index contributed by atoms with van der Waals surface area (Å²) in [4.78, 5) is 12.9. The fourth-order valence-corrected chi connectivity index (χ4v) is 2.17. The number of carboxylic acid groups (broad SMARTS) is 1. The molecule has 0 unspecified atom stereocenters. The zero-order valence-electron chi connectivity index (χ0n) is 9.71. The summed E-state index contributed by atoms with van der Waals surface area (Å²) in [6, 6.07) is 9.26. The summed E-state index contributed by atoms with van der Waals surface area (Å²) in [6.07, 6.45) is 1.71. The highest BCUT2D eigenvalue weighted by Gasteiger charge is 2.29. The quantitative estimate of drug-likeness (QED) is 0.842. The first-order valence-corrected chi connectivity index (χ1v) is 5.92. The first-order valence-electron chi connectivity index (χ1n) is 5.92. The van der Waals surface area contributed by atoms with E-state index >= 15 is 0 Å². The lowest BCUT2D eigenvalue weighted by molar-refractivity contribution is -0.142. The van der Waals surface area contributed by atoms with Gasteiger partial charge in [-0.15, -0.1) is 0 Å². The van der Waals surface area contributed by atoms with E-state index in [0.717, 1.165) is 25.1 Å². The van der Waals surface area contributed by atoms with Crippen molar-refractivity contribution in [2.45, 2.75) is 18.9 Å². The molecule has 1 atom stereocenters. The number of nitrogens with zero attached hydrogens (tertiary/aromatic N) is 1. The number of carboxylic acids is 1. The molecule has 1 heterocycles. The molecule has 1 aliphatic rings. The van der Waals surface area contributed by atoms with Crippen molar-refractivity contribution in [2.75, 3.05) is 19.7 Å². The van der Waals surface area contributed by atoms with E-state index < -0.39 is 5.97 Å². The molecule has 2 rings (SSSR count). The third-order valence-corrected chi connectivity index (χ3v) is 3.04. The van der Waals surface area contributed by atoms with E-state index in [1.165, 1.54) is 0 Å². The van der Waals surface area contributed by atoms with Gasteiger partial charge in [0.2, 0.25) is 0 Å². The maximum Gasteiger partial charge on any atom is 0.320 e. The number of rotatable bonds is 5. The molecule has 1 aromatic carbocycles. The zero-order chi connectivity index (χ0) is 12.1. The van der Waals surface area contributed by atoms with Crippen LogP contribution in [-0.2, 0) is 4.79 Å². The largest absolute Gasteiger partial charge is 0.492 e. The lowest BCUT2D eigenvalue weighted by Crippen LogP contribution is -2.38. The molecule has 1 aliphatic heterocycles. The summed E-state index contributed by atoms with van der Waals surface area (Å²) in [6.45, 7) is 2.06. The van der Waals surface area contributed by atoms with Crippen molar-refractivity contribution in [3.05, 3.63) is 30.3 Å². The average molecular weight is 235 g/mol. The van der Waals surface area contributed by atoms with Crippen LogP contribution in [0, 0.1) is 0 Å². The molecule has 1 N–H and O–H groups in total. The van der Waals surface area contributed by atoms with Crippen molar-refractivity contribution in [2.24, 2.45) is 0 Å². The van der Waals surface area contributed by atoms with Gasteiger partial charge in [-0.05, 0) is 31.5 Å². The van der Waals surface area contributed by atoms with E-state index in [4.69, 9.17) is 9.84 Å². The van der Waals surface area contributed by atoms with Crippen LogP contribution in [0.25, 0.3) is 0 Å². The van der Waals surface area contributed by atoms with Gasteiger partial charge in [0, 0.05) is 6.54 Å². The third-order valence-electron chi connectivity index (χ3n) is 3.04. The molecule has 0 radical (unpaired) electrons. The Bertz CT molecular complexity index is 366. The van der Waals surface area contributed by atoms with Crippen molar-refractivity contribution in [1.82, 2.24) is 4.90 Å². The molecule has 4 nitrogen and oxygen atoms in total. The number of para-hydroxylation sites is 1. The van der Waals surface area contributed by atoms with Gasteiger partial charge in [-0.2, -0.15) is 0 Å². The van der Waals surface area contributed by atoms with Crippen LogP contribution in [0.1, 0.15) is 12.8 Å². The Kier molecular flexibility index (Phi) is 3.98. The van der Waals surface area contributed by atoms with Crippen LogP contribution < -0.4 is 4.74 Å². The Morgan fingerprint density at radius 3 is 2.88 bits per heavy atom. The Morgan fingerprint density at radius 1 is 1.41 bits per heavy atom. The van der Waals surface area contributed by atoms with Crippen molar-refractivity contribution in [3.8, 4) is 5.75 Å². The third kappa shape index (κ3) is 3.20. The van der Waals surface area contributed by atoms with Crippen LogP contribution in [0.15, 0.2) is 30.3 Å². The van der Waals surface area contributed by atoms with Gasteiger partial charge in [0.15, 0.2) is 0 Å². The average Bonchev–Trinajstić information content (AvgIpc) is 2.79. The number of hydrogen-bond acceptors (Lipinski definition) is 3. The number of ether oxygens (including phenoxy) is 1. The van der Waals surface area contributed by atoms with Crippen LogP contribution in [0.3, 0.4) is 0 Å². The molecule has 1 fully saturated rings. The predicted molar refractivity (Wildman–Crippen MR) is 64.2 cm³/mol. The summed E-state index contributed by atoms with van der Waals surface area (Å²) in [7, 11) is 0. The maximum atomic E-state index is 11.0. The maximum absolute atomic E-state index is 11.0. The molecule has 17 heavy (non-hydrogen) atoms. The van der Waals surface area contributed by atoms with Crippen molar-refractivity contribution < 1.29 is 14.6 Å². The molecule has 1 saturated heterocycles. The summed E-state index contributed by atoms with van der Waals surface area (Å²) in [5.74, 6) is 0.112. The van der Waals surface area contributed by atoms with E-state index in [0.29, 0.717) is 13.2 Å². The Morgan fingerprint density at radius 2 is 2.18 bits per heavy atom. The van der Waals surface area contributed by atoms with E-state index in [-0.39, 0.29) is 6.04 Å². The standard InChI is InChI=1S/C13H17NO3/c15-13(16)12-7-4-8-14(12)9-10-17-11-5-2-1-3-6-11/h1-3,5-6,12H,4,7-10H2,(H,15,16)/t12-/m1/s1. The number of benzene rings is 1. The Labute approximate surface area is 101 Å². The summed E-state index contributed by atoms with van der Waals surface area (Å²) < 4.78 is 5.56. The van der Waals surface area contributed by atoms with Crippen LogP contribution in [0.2, 0.25) is 0 Å². The topological polar surface area (TPSA) is 49.8 Å². The molecule has 0 bridgehead atoms. The minimum atomic E-state index is -0.720. The molecule has 0 spiro atoms. The van der Waals surface area contributed by atoms with Gasteiger partial charge in [-0.3, -0.25) is 9.69 Å². The number of carbonyl (C=O) groups is 1. The van der Waals surface area contributed by atoms with Crippen molar-refractivity contribution in [1.29, 1.82) is 0 Å². The van der Waals surface area contributed by atoms with Gasteiger partial charge >= 0.3 is 5.97 Å². The van der Waals surface area contributed by atoms with Crippen LogP contribution in [0.4, 0.5) is 0 Å². The molecule has 1 aromatic rings. The fraction of sp³-hybridized carbons (Fsp3) is 0.462. The van der Waals surface area contributed by atoms with Crippen LogP contribution in [0.5, 0.6) is 5.75 Å². The first-order chi connectivity index (χ1) is 8.27. The van der Waals surface area contributed by atoms with E-state index in [1.54, 1.807) is 0 Å². The van der Waals surface area contributed by atoms with Crippen LogP contribution >= 0.6 is 0 Å². The Balaban J connectivity index is 1.77. The number of likely N-dealkylation sites (tertiary alicyclic amines) is 1. The van der Waals surface area contributed by atoms with Crippen LogP contribution in [-0.4, -0.2) is 41.7 Å². The normalized spacial score (nSPS) is 20.4. The SMILES string of the molecule is O=C(O)[C@H]1CCCN1CCOc1ccccc1. The van der Waals surface area contributed by atoms with Gasteiger partial charge in [-0.1, -0.05) is 18.2 Å². The lowest BCUT2D eigenvalue weighted by atomic mass is 10.2. The molecule has 0 aliphatic carbocycles. The zero-order valence-corrected chi connectivity index (χ0v) is 9.71. The van der Waals surface area contributed by atoms with E-state index in [9.17, 15) is 4.79 Å². The van der Waals surface area contributed by atoms with Gasteiger partial charge < -0.3 is 9.84 Å². The monoisotopic (exact) mass is 235 g/mol. The molecule has 0 saturated carbocycles. The molecule has 0 amide bonds. The van der Waals surface area contributed by atoms with Crippen molar-refractivity contribution >= 4 is 5.97 Å². The molecule has 0 aromatic heterocycles. The second-order valence-electron chi connectivity index (χ2n) is 4.19. The van der Waals surface area contributed by atoms with Gasteiger partial charge in [0.1, 0.15) is 18.4 Å². The molecule has 4 heteroatoms. The molecular formula is C13H17NO3. The summed E-state index contributed by atoms with van der Waals surface area (Å²) >= 11 is 0. The van der Waals surface area contributed by atoms with E-state index in [1.807, 2.05) is 35.2 Å².